The SMILES string of the molecule is CC(C)CN(Cc1cc(Cl)c2c(c1)OCCCO2)C(=O)C(C)CNCc1cccc2c1CCN2. The van der Waals surface area contributed by atoms with E-state index < -0.39 is 0 Å². The third kappa shape index (κ3) is 5.97. The van der Waals surface area contributed by atoms with E-state index in [0.29, 0.717) is 55.3 Å². The second kappa shape index (κ2) is 11.3. The van der Waals surface area contributed by atoms with Crippen molar-refractivity contribution >= 4 is 23.2 Å². The van der Waals surface area contributed by atoms with Crippen LogP contribution in [0.1, 0.15) is 43.9 Å². The fraction of sp³-hybridized carbons (Fsp3) is 0.519. The summed E-state index contributed by atoms with van der Waals surface area (Å²) in [6, 6.07) is 10.2. The molecule has 0 radical (unpaired) electrons. The number of ether oxygens (including phenoxy) is 2. The number of benzene rings is 2. The van der Waals surface area contributed by atoms with Crippen LogP contribution in [0, 0.1) is 11.8 Å². The number of anilines is 1. The minimum absolute atomic E-state index is 0.135. The van der Waals surface area contributed by atoms with Gasteiger partial charge in [-0.2, -0.15) is 0 Å². The number of halogens is 1. The number of rotatable bonds is 9. The Balaban J connectivity index is 1.40. The average molecular weight is 486 g/mol. The second-order valence-corrected chi connectivity index (χ2v) is 10.1. The van der Waals surface area contributed by atoms with Crippen molar-refractivity contribution in [3.05, 3.63) is 52.0 Å². The van der Waals surface area contributed by atoms with Gasteiger partial charge in [-0.1, -0.05) is 44.5 Å². The van der Waals surface area contributed by atoms with Crippen LogP contribution >= 0.6 is 11.6 Å². The summed E-state index contributed by atoms with van der Waals surface area (Å²) in [7, 11) is 0. The lowest BCUT2D eigenvalue weighted by atomic mass is 10.0. The van der Waals surface area contributed by atoms with Crippen molar-refractivity contribution in [3.63, 3.8) is 0 Å². The lowest BCUT2D eigenvalue weighted by Crippen LogP contribution is -2.40. The van der Waals surface area contributed by atoms with E-state index in [0.717, 1.165) is 31.5 Å². The summed E-state index contributed by atoms with van der Waals surface area (Å²) in [5.74, 6) is 1.63. The highest BCUT2D eigenvalue weighted by molar-refractivity contribution is 6.32. The van der Waals surface area contributed by atoms with Crippen molar-refractivity contribution in [1.29, 1.82) is 0 Å². The first kappa shape index (κ1) is 24.7. The number of fused-ring (bicyclic) bond motifs is 2. The third-order valence-electron chi connectivity index (χ3n) is 6.28. The topological polar surface area (TPSA) is 62.8 Å². The number of nitrogens with one attached hydrogen (secondary N) is 2. The van der Waals surface area contributed by atoms with Gasteiger partial charge in [0.1, 0.15) is 0 Å². The molecule has 6 nitrogen and oxygen atoms in total. The molecule has 1 unspecified atom stereocenters. The Morgan fingerprint density at radius 3 is 2.85 bits per heavy atom. The molecule has 2 aromatic rings. The van der Waals surface area contributed by atoms with Crippen molar-refractivity contribution in [1.82, 2.24) is 10.2 Å². The van der Waals surface area contributed by atoms with Gasteiger partial charge in [0.05, 0.1) is 18.2 Å². The highest BCUT2D eigenvalue weighted by Crippen LogP contribution is 2.38. The fourth-order valence-corrected chi connectivity index (χ4v) is 4.96. The summed E-state index contributed by atoms with van der Waals surface area (Å²) in [5.41, 5.74) is 4.89. The zero-order valence-electron chi connectivity index (χ0n) is 20.5. The lowest BCUT2D eigenvalue weighted by molar-refractivity contribution is -0.136. The Labute approximate surface area is 208 Å². The number of carbonyl (C=O) groups is 1. The molecule has 2 aliphatic heterocycles. The van der Waals surface area contributed by atoms with E-state index >= 15 is 0 Å². The van der Waals surface area contributed by atoms with Gasteiger partial charge >= 0.3 is 0 Å². The summed E-state index contributed by atoms with van der Waals surface area (Å²) in [5, 5.41) is 7.47. The second-order valence-electron chi connectivity index (χ2n) is 9.72. The molecule has 1 atom stereocenters. The third-order valence-corrected chi connectivity index (χ3v) is 6.56. The van der Waals surface area contributed by atoms with Crippen molar-refractivity contribution < 1.29 is 14.3 Å². The van der Waals surface area contributed by atoms with Gasteiger partial charge in [-0.25, -0.2) is 0 Å². The van der Waals surface area contributed by atoms with Crippen molar-refractivity contribution in [3.8, 4) is 11.5 Å². The normalized spacial score (nSPS) is 15.4. The first-order valence-electron chi connectivity index (χ1n) is 12.3. The van der Waals surface area contributed by atoms with E-state index in [4.69, 9.17) is 21.1 Å². The van der Waals surface area contributed by atoms with Crippen LogP contribution in [0.2, 0.25) is 5.02 Å². The van der Waals surface area contributed by atoms with E-state index in [1.165, 1.54) is 16.8 Å². The summed E-state index contributed by atoms with van der Waals surface area (Å²) in [6.07, 6.45) is 1.88. The molecule has 0 aromatic heterocycles. The standard InChI is InChI=1S/C27H36ClN3O3/c1-18(2)16-31(17-20-12-23(28)26-25(13-20)33-10-5-11-34-26)27(32)19(3)14-29-15-21-6-4-7-24-22(21)8-9-30-24/h4,6-7,12-13,18-19,29-30H,5,8-11,14-17H2,1-3H3. The minimum atomic E-state index is -0.135. The highest BCUT2D eigenvalue weighted by Gasteiger charge is 2.23. The molecular weight excluding hydrogens is 450 g/mol. The van der Waals surface area contributed by atoms with Crippen LogP contribution < -0.4 is 20.1 Å². The largest absolute Gasteiger partial charge is 0.489 e. The van der Waals surface area contributed by atoms with Gasteiger partial charge in [0.25, 0.3) is 0 Å². The van der Waals surface area contributed by atoms with E-state index in [-0.39, 0.29) is 11.8 Å². The predicted octanol–water partition coefficient (Wildman–Crippen LogP) is 4.88. The van der Waals surface area contributed by atoms with E-state index in [1.54, 1.807) is 0 Å². The van der Waals surface area contributed by atoms with Gasteiger partial charge in [-0.3, -0.25) is 4.79 Å². The van der Waals surface area contributed by atoms with Crippen LogP contribution in [0.5, 0.6) is 11.5 Å². The molecule has 2 aromatic carbocycles. The molecular formula is C27H36ClN3O3. The molecule has 2 heterocycles. The summed E-state index contributed by atoms with van der Waals surface area (Å²) in [4.78, 5) is 15.4. The minimum Gasteiger partial charge on any atom is -0.489 e. The number of hydrogen-bond acceptors (Lipinski definition) is 5. The van der Waals surface area contributed by atoms with E-state index in [1.807, 2.05) is 24.0 Å². The molecule has 0 fully saturated rings. The maximum Gasteiger partial charge on any atom is 0.226 e. The zero-order valence-corrected chi connectivity index (χ0v) is 21.2. The molecule has 2 aliphatic rings. The maximum atomic E-state index is 13.4. The Hall–Kier alpha value is -2.44. The molecule has 184 valence electrons. The van der Waals surface area contributed by atoms with Crippen molar-refractivity contribution in [2.45, 2.75) is 46.7 Å². The van der Waals surface area contributed by atoms with Crippen LogP contribution in [-0.2, 0) is 24.3 Å². The molecule has 0 saturated heterocycles. The smallest absolute Gasteiger partial charge is 0.226 e. The summed E-state index contributed by atoms with van der Waals surface area (Å²) < 4.78 is 11.6. The highest BCUT2D eigenvalue weighted by atomic mass is 35.5. The van der Waals surface area contributed by atoms with Crippen LogP contribution in [0.4, 0.5) is 5.69 Å². The number of carbonyl (C=O) groups excluding carboxylic acids is 1. The Morgan fingerprint density at radius 1 is 1.21 bits per heavy atom. The van der Waals surface area contributed by atoms with Crippen LogP contribution in [0.15, 0.2) is 30.3 Å². The van der Waals surface area contributed by atoms with Crippen LogP contribution in [-0.4, -0.2) is 43.7 Å². The van der Waals surface area contributed by atoms with Gasteiger partial charge in [-0.15, -0.1) is 0 Å². The van der Waals surface area contributed by atoms with Crippen molar-refractivity contribution in [2.24, 2.45) is 11.8 Å². The molecule has 0 aliphatic carbocycles. The number of amides is 1. The monoisotopic (exact) mass is 485 g/mol. The number of hydrogen-bond donors (Lipinski definition) is 2. The quantitative estimate of drug-likeness (QED) is 0.530. The molecule has 2 N–H and O–H groups in total. The maximum absolute atomic E-state index is 13.4. The first-order chi connectivity index (χ1) is 16.4. The van der Waals surface area contributed by atoms with Gasteiger partial charge in [0.2, 0.25) is 5.91 Å². The van der Waals surface area contributed by atoms with Crippen LogP contribution in [0.25, 0.3) is 0 Å². The fourth-order valence-electron chi connectivity index (χ4n) is 4.67. The Kier molecular flexibility index (Phi) is 8.22. The average Bonchev–Trinajstić information content (AvgIpc) is 3.16. The molecule has 0 bridgehead atoms. The van der Waals surface area contributed by atoms with Gasteiger partial charge in [0, 0.05) is 50.7 Å². The molecule has 0 saturated carbocycles. The first-order valence-corrected chi connectivity index (χ1v) is 12.7. The molecule has 7 heteroatoms. The summed E-state index contributed by atoms with van der Waals surface area (Å²) in [6.45, 7) is 11.0. The lowest BCUT2D eigenvalue weighted by Gasteiger charge is -2.28. The predicted molar refractivity (Wildman–Crippen MR) is 137 cm³/mol. The molecule has 0 spiro atoms. The molecule has 4 rings (SSSR count). The zero-order chi connectivity index (χ0) is 24.1. The van der Waals surface area contributed by atoms with Crippen LogP contribution in [0.3, 0.4) is 0 Å². The Bertz CT molecular complexity index is 1010. The van der Waals surface area contributed by atoms with Gasteiger partial charge in [0.15, 0.2) is 11.5 Å². The van der Waals surface area contributed by atoms with Crippen molar-refractivity contribution in [2.75, 3.05) is 38.2 Å². The Morgan fingerprint density at radius 2 is 2.03 bits per heavy atom. The van der Waals surface area contributed by atoms with Gasteiger partial charge in [-0.05, 0) is 47.2 Å². The molecule has 1 amide bonds. The van der Waals surface area contributed by atoms with Gasteiger partial charge < -0.3 is 25.0 Å². The number of nitrogens with zero attached hydrogens (tertiary/aromatic N) is 1. The summed E-state index contributed by atoms with van der Waals surface area (Å²) >= 11 is 6.50. The molecule has 34 heavy (non-hydrogen) atoms. The van der Waals surface area contributed by atoms with E-state index in [9.17, 15) is 4.79 Å². The van der Waals surface area contributed by atoms with E-state index in [2.05, 4.69) is 42.7 Å².